The molecule has 18 heavy (non-hydrogen) atoms. The first kappa shape index (κ1) is 12.8. The van der Waals surface area contributed by atoms with Gasteiger partial charge in [0.25, 0.3) is 5.91 Å². The summed E-state index contributed by atoms with van der Waals surface area (Å²) in [6.45, 7) is 5.37. The van der Waals surface area contributed by atoms with Gasteiger partial charge in [-0.05, 0) is 31.4 Å². The summed E-state index contributed by atoms with van der Waals surface area (Å²) in [5.74, 6) is -0.00148. The van der Waals surface area contributed by atoms with Crippen LogP contribution in [0.25, 0.3) is 10.6 Å². The van der Waals surface area contributed by atoms with E-state index >= 15 is 0 Å². The monoisotopic (exact) mass is 263 g/mol. The van der Waals surface area contributed by atoms with E-state index in [1.54, 1.807) is 20.9 Å². The van der Waals surface area contributed by atoms with Crippen molar-refractivity contribution in [3.05, 3.63) is 29.3 Å². The Morgan fingerprint density at radius 1 is 1.44 bits per heavy atom. The molecule has 0 unspecified atom stereocenters. The number of aromatic nitrogens is 2. The molecule has 0 N–H and O–H groups in total. The van der Waals surface area contributed by atoms with Crippen LogP contribution in [0.1, 0.15) is 24.3 Å². The van der Waals surface area contributed by atoms with Crippen LogP contribution in [0.15, 0.2) is 23.6 Å². The lowest BCUT2D eigenvalue weighted by atomic mass is 10.3. The van der Waals surface area contributed by atoms with Gasteiger partial charge in [-0.1, -0.05) is 6.07 Å². The molecule has 0 fully saturated rings. The largest absolute Gasteiger partial charge is 0.338 e. The lowest BCUT2D eigenvalue weighted by Gasteiger charge is -2.16. The molecular formula is C13H17N3OS. The highest BCUT2D eigenvalue weighted by molar-refractivity contribution is 7.13. The van der Waals surface area contributed by atoms with Crippen LogP contribution in [0.3, 0.4) is 0 Å². The minimum Gasteiger partial charge on any atom is -0.338 e. The van der Waals surface area contributed by atoms with Gasteiger partial charge in [0, 0.05) is 20.1 Å². The lowest BCUT2D eigenvalue weighted by molar-refractivity contribution is 0.0766. The number of aryl methyl sites for hydroxylation is 1. The first-order valence-corrected chi connectivity index (χ1v) is 6.92. The molecule has 0 radical (unpaired) electrons. The number of hydrogen-bond donors (Lipinski definition) is 0. The molecular weight excluding hydrogens is 246 g/mol. The van der Waals surface area contributed by atoms with Crippen molar-refractivity contribution in [2.24, 2.45) is 7.05 Å². The zero-order valence-corrected chi connectivity index (χ0v) is 11.7. The number of rotatable bonds is 4. The van der Waals surface area contributed by atoms with Crippen LogP contribution in [0.2, 0.25) is 0 Å². The summed E-state index contributed by atoms with van der Waals surface area (Å²) < 4.78 is 1.77. The normalized spacial score (nSPS) is 10.6. The summed E-state index contributed by atoms with van der Waals surface area (Å²) >= 11 is 1.65. The van der Waals surface area contributed by atoms with Gasteiger partial charge < -0.3 is 4.90 Å². The number of amides is 1. The van der Waals surface area contributed by atoms with E-state index in [2.05, 4.69) is 5.10 Å². The number of carbonyl (C=O) groups excluding carboxylic acids is 1. The van der Waals surface area contributed by atoms with Crippen molar-refractivity contribution in [1.29, 1.82) is 0 Å². The highest BCUT2D eigenvalue weighted by Gasteiger charge is 2.18. The minimum atomic E-state index is -0.00148. The number of carbonyl (C=O) groups is 1. The maximum Gasteiger partial charge on any atom is 0.274 e. The molecule has 0 aliphatic rings. The Morgan fingerprint density at radius 3 is 2.72 bits per heavy atom. The van der Waals surface area contributed by atoms with Crippen LogP contribution >= 0.6 is 11.3 Å². The van der Waals surface area contributed by atoms with E-state index in [0.29, 0.717) is 18.8 Å². The third kappa shape index (κ3) is 2.31. The van der Waals surface area contributed by atoms with Gasteiger partial charge >= 0.3 is 0 Å². The molecule has 0 atom stereocenters. The third-order valence-corrected chi connectivity index (χ3v) is 3.82. The molecule has 0 aliphatic heterocycles. The second kappa shape index (κ2) is 5.35. The Balaban J connectivity index is 2.32. The molecule has 5 heteroatoms. The smallest absolute Gasteiger partial charge is 0.274 e. The molecule has 0 aliphatic carbocycles. The van der Waals surface area contributed by atoms with E-state index < -0.39 is 0 Å². The summed E-state index contributed by atoms with van der Waals surface area (Å²) in [6.07, 6.45) is 0. The molecule has 0 spiro atoms. The topological polar surface area (TPSA) is 38.1 Å². The molecule has 2 aromatic heterocycles. The maximum atomic E-state index is 12.2. The summed E-state index contributed by atoms with van der Waals surface area (Å²) in [7, 11) is 1.87. The van der Waals surface area contributed by atoms with Crippen LogP contribution in [0, 0.1) is 0 Å². The van der Waals surface area contributed by atoms with Gasteiger partial charge in [-0.25, -0.2) is 0 Å². The lowest BCUT2D eigenvalue weighted by Crippen LogP contribution is -2.30. The number of hydrogen-bond acceptors (Lipinski definition) is 3. The molecule has 96 valence electrons. The molecule has 1 amide bonds. The fourth-order valence-corrected chi connectivity index (χ4v) is 2.67. The fourth-order valence-electron chi connectivity index (χ4n) is 1.90. The Kier molecular flexibility index (Phi) is 3.81. The third-order valence-electron chi connectivity index (χ3n) is 2.92. The van der Waals surface area contributed by atoms with E-state index in [-0.39, 0.29) is 5.91 Å². The zero-order chi connectivity index (χ0) is 13.1. The fraction of sp³-hybridized carbons (Fsp3) is 0.385. The molecule has 2 rings (SSSR count). The van der Waals surface area contributed by atoms with Crippen LogP contribution in [-0.4, -0.2) is 33.7 Å². The Morgan fingerprint density at radius 2 is 2.17 bits per heavy atom. The van der Waals surface area contributed by atoms with Crippen LogP contribution in [-0.2, 0) is 7.05 Å². The zero-order valence-electron chi connectivity index (χ0n) is 10.9. The molecule has 2 heterocycles. The van der Waals surface area contributed by atoms with Gasteiger partial charge in [-0.2, -0.15) is 5.10 Å². The molecule has 0 saturated heterocycles. The average molecular weight is 263 g/mol. The SMILES string of the molecule is CCN(CC)C(=O)c1cc(-c2cccs2)n(C)n1. The second-order valence-electron chi connectivity index (χ2n) is 3.99. The predicted octanol–water partition coefficient (Wildman–Crippen LogP) is 2.63. The van der Waals surface area contributed by atoms with E-state index in [9.17, 15) is 4.79 Å². The molecule has 0 saturated carbocycles. The first-order chi connectivity index (χ1) is 8.67. The van der Waals surface area contributed by atoms with Crippen molar-refractivity contribution >= 4 is 17.2 Å². The maximum absolute atomic E-state index is 12.2. The first-order valence-electron chi connectivity index (χ1n) is 6.04. The van der Waals surface area contributed by atoms with E-state index in [4.69, 9.17) is 0 Å². The Bertz CT molecular complexity index is 526. The van der Waals surface area contributed by atoms with Gasteiger partial charge in [0.15, 0.2) is 5.69 Å². The molecule has 0 bridgehead atoms. The van der Waals surface area contributed by atoms with Gasteiger partial charge in [0.2, 0.25) is 0 Å². The van der Waals surface area contributed by atoms with Crippen molar-refractivity contribution in [3.8, 4) is 10.6 Å². The van der Waals surface area contributed by atoms with Gasteiger partial charge in [0.05, 0.1) is 10.6 Å². The van der Waals surface area contributed by atoms with Crippen LogP contribution in [0.5, 0.6) is 0 Å². The average Bonchev–Trinajstić information content (AvgIpc) is 2.99. The van der Waals surface area contributed by atoms with E-state index in [1.165, 1.54) is 0 Å². The number of thiophene rings is 1. The van der Waals surface area contributed by atoms with E-state index in [0.717, 1.165) is 10.6 Å². The van der Waals surface area contributed by atoms with E-state index in [1.807, 2.05) is 44.5 Å². The van der Waals surface area contributed by atoms with Gasteiger partial charge in [-0.3, -0.25) is 9.48 Å². The highest BCUT2D eigenvalue weighted by atomic mass is 32.1. The Labute approximate surface area is 111 Å². The van der Waals surface area contributed by atoms with Gasteiger partial charge in [0.1, 0.15) is 0 Å². The standard InChI is InChI=1S/C13H17N3OS/c1-4-16(5-2)13(17)10-9-11(15(3)14-10)12-7-6-8-18-12/h6-9H,4-5H2,1-3H3. The summed E-state index contributed by atoms with van der Waals surface area (Å²) in [6, 6.07) is 5.90. The van der Waals surface area contributed by atoms with Crippen molar-refractivity contribution in [3.63, 3.8) is 0 Å². The summed E-state index contributed by atoms with van der Waals surface area (Å²) in [5, 5.41) is 6.34. The van der Waals surface area contributed by atoms with Gasteiger partial charge in [-0.15, -0.1) is 11.3 Å². The summed E-state index contributed by atoms with van der Waals surface area (Å²) in [5.41, 5.74) is 1.50. The highest BCUT2D eigenvalue weighted by Crippen LogP contribution is 2.25. The Hall–Kier alpha value is -1.62. The van der Waals surface area contributed by atoms with Crippen molar-refractivity contribution < 1.29 is 4.79 Å². The van der Waals surface area contributed by atoms with Crippen molar-refractivity contribution in [1.82, 2.24) is 14.7 Å². The molecule has 4 nitrogen and oxygen atoms in total. The second-order valence-corrected chi connectivity index (χ2v) is 4.94. The predicted molar refractivity (Wildman–Crippen MR) is 73.8 cm³/mol. The summed E-state index contributed by atoms with van der Waals surface area (Å²) in [4.78, 5) is 15.1. The van der Waals surface area contributed by atoms with Crippen LogP contribution < -0.4 is 0 Å². The van der Waals surface area contributed by atoms with Crippen molar-refractivity contribution in [2.45, 2.75) is 13.8 Å². The molecule has 0 aromatic carbocycles. The quantitative estimate of drug-likeness (QED) is 0.850. The minimum absolute atomic E-state index is 0.00148. The molecule has 2 aromatic rings. The number of nitrogens with zero attached hydrogens (tertiary/aromatic N) is 3. The van der Waals surface area contributed by atoms with Crippen molar-refractivity contribution in [2.75, 3.05) is 13.1 Å². The van der Waals surface area contributed by atoms with Crippen LogP contribution in [0.4, 0.5) is 0 Å².